The van der Waals surface area contributed by atoms with Crippen LogP contribution in [0.4, 0.5) is 5.69 Å². The first-order valence-electron chi connectivity index (χ1n) is 8.98. The van der Waals surface area contributed by atoms with Crippen LogP contribution >= 0.6 is 24.0 Å². The summed E-state index contributed by atoms with van der Waals surface area (Å²) in [6, 6.07) is 14.1. The molecule has 0 saturated heterocycles. The van der Waals surface area contributed by atoms with Crippen LogP contribution in [0, 0.1) is 6.92 Å². The second-order valence-corrected chi connectivity index (χ2v) is 7.24. The average Bonchev–Trinajstić information content (AvgIpc) is 2.85. The lowest BCUT2D eigenvalue weighted by molar-refractivity contribution is 0.297. The zero-order valence-electron chi connectivity index (χ0n) is 16.1. The van der Waals surface area contributed by atoms with Crippen LogP contribution in [0.25, 0.3) is 0 Å². The Bertz CT molecular complexity index is 806. The predicted molar refractivity (Wildman–Crippen MR) is 122 cm³/mol. The van der Waals surface area contributed by atoms with E-state index in [-0.39, 0.29) is 29.4 Å². The number of hydrogen-bond acceptors (Lipinski definition) is 3. The second kappa shape index (κ2) is 9.30. The SMILES string of the molecule is Cc1ccccc1C(C)(C)CN=C(N)Nc1ccc2c(c1)OCCCO2.I. The molecule has 0 atom stereocenters. The van der Waals surface area contributed by atoms with Crippen LogP contribution in [0.3, 0.4) is 0 Å². The zero-order chi connectivity index (χ0) is 18.6. The van der Waals surface area contributed by atoms with Crippen molar-refractivity contribution in [1.82, 2.24) is 0 Å². The van der Waals surface area contributed by atoms with Crippen molar-refractivity contribution in [3.8, 4) is 11.5 Å². The Morgan fingerprint density at radius 2 is 1.81 bits per heavy atom. The Hall–Kier alpha value is -1.96. The van der Waals surface area contributed by atoms with E-state index in [9.17, 15) is 0 Å². The summed E-state index contributed by atoms with van der Waals surface area (Å²) in [5, 5.41) is 3.14. The molecule has 146 valence electrons. The third-order valence-corrected chi connectivity index (χ3v) is 4.54. The van der Waals surface area contributed by atoms with Crippen molar-refractivity contribution in [3.05, 3.63) is 53.6 Å². The molecule has 0 radical (unpaired) electrons. The number of ether oxygens (including phenoxy) is 2. The van der Waals surface area contributed by atoms with Gasteiger partial charge in [-0.3, -0.25) is 4.99 Å². The molecule has 0 fully saturated rings. The molecule has 0 bridgehead atoms. The molecule has 27 heavy (non-hydrogen) atoms. The van der Waals surface area contributed by atoms with Gasteiger partial charge in [0, 0.05) is 23.6 Å². The van der Waals surface area contributed by atoms with Crippen LogP contribution in [0.15, 0.2) is 47.5 Å². The first kappa shape index (κ1) is 21.3. The lowest BCUT2D eigenvalue weighted by Gasteiger charge is -2.25. The molecule has 2 aromatic carbocycles. The van der Waals surface area contributed by atoms with Crippen LogP contribution in [0.2, 0.25) is 0 Å². The molecule has 6 heteroatoms. The minimum atomic E-state index is -0.0949. The van der Waals surface area contributed by atoms with Gasteiger partial charge < -0.3 is 20.5 Å². The van der Waals surface area contributed by atoms with E-state index < -0.39 is 0 Å². The van der Waals surface area contributed by atoms with E-state index in [4.69, 9.17) is 15.2 Å². The minimum Gasteiger partial charge on any atom is -0.490 e. The summed E-state index contributed by atoms with van der Waals surface area (Å²) in [6.45, 7) is 8.42. The Labute approximate surface area is 178 Å². The summed E-state index contributed by atoms with van der Waals surface area (Å²) >= 11 is 0. The number of aliphatic imine (C=N–C) groups is 1. The van der Waals surface area contributed by atoms with Gasteiger partial charge in [0.2, 0.25) is 0 Å². The molecular formula is C21H28IN3O2. The summed E-state index contributed by atoms with van der Waals surface area (Å²) in [4.78, 5) is 4.55. The molecule has 0 spiro atoms. The maximum absolute atomic E-state index is 6.10. The first-order valence-corrected chi connectivity index (χ1v) is 8.98. The summed E-state index contributed by atoms with van der Waals surface area (Å²) in [6.07, 6.45) is 0.884. The number of anilines is 1. The van der Waals surface area contributed by atoms with E-state index in [0.717, 1.165) is 23.6 Å². The molecule has 2 aromatic rings. The van der Waals surface area contributed by atoms with Gasteiger partial charge in [0.05, 0.1) is 19.8 Å². The normalized spacial score (nSPS) is 14.1. The summed E-state index contributed by atoms with van der Waals surface area (Å²) in [5.74, 6) is 1.89. The van der Waals surface area contributed by atoms with Gasteiger partial charge >= 0.3 is 0 Å². The number of nitrogens with two attached hydrogens (primary N) is 1. The molecule has 0 aromatic heterocycles. The third kappa shape index (κ3) is 5.51. The van der Waals surface area contributed by atoms with Crippen molar-refractivity contribution in [3.63, 3.8) is 0 Å². The zero-order valence-corrected chi connectivity index (χ0v) is 18.4. The Morgan fingerprint density at radius 1 is 1.11 bits per heavy atom. The Balaban J connectivity index is 0.00000261. The fraction of sp³-hybridized carbons (Fsp3) is 0.381. The third-order valence-electron chi connectivity index (χ3n) is 4.54. The number of halogens is 1. The van der Waals surface area contributed by atoms with Crippen molar-refractivity contribution in [1.29, 1.82) is 0 Å². The molecule has 1 aliphatic rings. The van der Waals surface area contributed by atoms with Crippen molar-refractivity contribution >= 4 is 35.6 Å². The predicted octanol–water partition coefficient (Wildman–Crippen LogP) is 4.48. The first-order chi connectivity index (χ1) is 12.5. The van der Waals surface area contributed by atoms with Crippen LogP contribution in [-0.4, -0.2) is 25.7 Å². The largest absolute Gasteiger partial charge is 0.490 e. The number of nitrogens with one attached hydrogen (secondary N) is 1. The second-order valence-electron chi connectivity index (χ2n) is 7.24. The van der Waals surface area contributed by atoms with Gasteiger partial charge in [0.1, 0.15) is 0 Å². The number of benzene rings is 2. The highest BCUT2D eigenvalue weighted by molar-refractivity contribution is 14.0. The number of guanidine groups is 1. The standard InChI is InChI=1S/C21H27N3O2.HI/c1-15-7-4-5-8-17(15)21(2,3)14-23-20(22)24-16-9-10-18-19(13-16)26-12-6-11-25-18;/h4-5,7-10,13H,6,11-12,14H2,1-3H3,(H3,22,23,24);1H. The molecule has 0 aliphatic carbocycles. The summed E-state index contributed by atoms with van der Waals surface area (Å²) in [7, 11) is 0. The van der Waals surface area contributed by atoms with Gasteiger partial charge in [0.25, 0.3) is 0 Å². The monoisotopic (exact) mass is 481 g/mol. The number of aryl methyl sites for hydroxylation is 1. The van der Waals surface area contributed by atoms with E-state index in [1.165, 1.54) is 11.1 Å². The molecule has 3 N–H and O–H groups in total. The maximum Gasteiger partial charge on any atom is 0.193 e. The summed E-state index contributed by atoms with van der Waals surface area (Å²) < 4.78 is 11.4. The highest BCUT2D eigenvalue weighted by Gasteiger charge is 2.22. The lowest BCUT2D eigenvalue weighted by atomic mass is 9.82. The van der Waals surface area contributed by atoms with E-state index in [1.807, 2.05) is 18.2 Å². The number of hydrogen-bond donors (Lipinski definition) is 2. The molecular weight excluding hydrogens is 453 g/mol. The van der Waals surface area contributed by atoms with E-state index >= 15 is 0 Å². The van der Waals surface area contributed by atoms with E-state index in [0.29, 0.717) is 25.7 Å². The van der Waals surface area contributed by atoms with Crippen LogP contribution < -0.4 is 20.5 Å². The van der Waals surface area contributed by atoms with Gasteiger partial charge in [0.15, 0.2) is 17.5 Å². The van der Waals surface area contributed by atoms with Crippen LogP contribution in [0.1, 0.15) is 31.4 Å². The minimum absolute atomic E-state index is 0. The number of rotatable bonds is 4. The van der Waals surface area contributed by atoms with Gasteiger partial charge in [-0.15, -0.1) is 24.0 Å². The van der Waals surface area contributed by atoms with Crippen LogP contribution in [0.5, 0.6) is 11.5 Å². The van der Waals surface area contributed by atoms with E-state index in [2.05, 4.69) is 55.3 Å². The molecule has 5 nitrogen and oxygen atoms in total. The topological polar surface area (TPSA) is 68.9 Å². The maximum atomic E-state index is 6.10. The Kier molecular flexibility index (Phi) is 7.35. The average molecular weight is 481 g/mol. The molecule has 0 unspecified atom stereocenters. The van der Waals surface area contributed by atoms with E-state index in [1.54, 1.807) is 0 Å². The fourth-order valence-corrected chi connectivity index (χ4v) is 3.13. The van der Waals surface area contributed by atoms with Crippen molar-refractivity contribution < 1.29 is 9.47 Å². The highest BCUT2D eigenvalue weighted by atomic mass is 127. The van der Waals surface area contributed by atoms with Crippen molar-refractivity contribution in [2.75, 3.05) is 25.1 Å². The molecule has 1 heterocycles. The fourth-order valence-electron chi connectivity index (χ4n) is 3.13. The van der Waals surface area contributed by atoms with Gasteiger partial charge in [-0.1, -0.05) is 38.1 Å². The number of fused-ring (bicyclic) bond motifs is 1. The molecule has 0 saturated carbocycles. The van der Waals surface area contributed by atoms with Gasteiger partial charge in [-0.25, -0.2) is 0 Å². The molecule has 0 amide bonds. The highest BCUT2D eigenvalue weighted by Crippen LogP contribution is 2.32. The van der Waals surface area contributed by atoms with Crippen molar-refractivity contribution in [2.24, 2.45) is 10.7 Å². The quantitative estimate of drug-likeness (QED) is 0.384. The van der Waals surface area contributed by atoms with Crippen LogP contribution in [-0.2, 0) is 5.41 Å². The lowest BCUT2D eigenvalue weighted by Crippen LogP contribution is -2.28. The van der Waals surface area contributed by atoms with Gasteiger partial charge in [-0.05, 0) is 30.2 Å². The number of nitrogens with zero attached hydrogens (tertiary/aromatic N) is 1. The van der Waals surface area contributed by atoms with Gasteiger partial charge in [-0.2, -0.15) is 0 Å². The molecule has 1 aliphatic heterocycles. The smallest absolute Gasteiger partial charge is 0.193 e. The summed E-state index contributed by atoms with van der Waals surface area (Å²) in [5.41, 5.74) is 9.40. The van der Waals surface area contributed by atoms with Crippen molar-refractivity contribution in [2.45, 2.75) is 32.6 Å². The molecule has 3 rings (SSSR count). The Morgan fingerprint density at radius 3 is 2.56 bits per heavy atom.